The fourth-order valence-corrected chi connectivity index (χ4v) is 6.92. The Hall–Kier alpha value is -3.55. The number of hydrogen-bond acceptors (Lipinski definition) is 4. The number of benzene rings is 3. The highest BCUT2D eigenvalue weighted by Gasteiger charge is 2.59. The van der Waals surface area contributed by atoms with Gasteiger partial charge in [0.05, 0.1) is 12.0 Å². The van der Waals surface area contributed by atoms with Gasteiger partial charge in [-0.2, -0.15) is 0 Å². The number of ketones is 1. The Labute approximate surface area is 250 Å². The first-order valence-corrected chi connectivity index (χ1v) is 15.1. The molecule has 3 aromatic carbocycles. The summed E-state index contributed by atoms with van der Waals surface area (Å²) < 4.78 is 14.2. The van der Waals surface area contributed by atoms with Crippen LogP contribution in [0.2, 0.25) is 5.02 Å². The minimum atomic E-state index is -0.916. The number of nitrogens with zero attached hydrogens (tertiary/aromatic N) is 2. The second-order valence-electron chi connectivity index (χ2n) is 11.7. The van der Waals surface area contributed by atoms with Crippen molar-refractivity contribution in [1.82, 2.24) is 15.1 Å². The molecule has 3 fully saturated rings. The maximum atomic E-state index is 14.7. The van der Waals surface area contributed by atoms with Crippen LogP contribution >= 0.6 is 11.6 Å². The van der Waals surface area contributed by atoms with Crippen molar-refractivity contribution in [2.24, 2.45) is 11.8 Å². The lowest BCUT2D eigenvalue weighted by Crippen LogP contribution is -2.56. The molecule has 0 aromatic heterocycles. The second kappa shape index (κ2) is 12.0. The molecule has 2 saturated heterocycles. The first kappa shape index (κ1) is 28.6. The predicted octanol–water partition coefficient (Wildman–Crippen LogP) is 5.55. The highest BCUT2D eigenvalue weighted by atomic mass is 35.5. The van der Waals surface area contributed by atoms with Gasteiger partial charge in [0, 0.05) is 48.6 Å². The molecule has 3 aromatic rings. The maximum Gasteiger partial charge on any atom is 0.246 e. The Bertz CT molecular complexity index is 1470. The van der Waals surface area contributed by atoms with Crippen LogP contribution in [0.25, 0.3) is 0 Å². The van der Waals surface area contributed by atoms with Crippen LogP contribution in [0.5, 0.6) is 0 Å². The molecule has 0 spiro atoms. The fourth-order valence-electron chi connectivity index (χ4n) is 6.80. The van der Waals surface area contributed by atoms with Crippen LogP contribution in [-0.2, 0) is 9.59 Å². The first-order valence-electron chi connectivity index (χ1n) is 14.8. The number of rotatable bonds is 6. The molecule has 2 aliphatic heterocycles. The van der Waals surface area contributed by atoms with E-state index in [0.29, 0.717) is 42.3 Å². The zero-order chi connectivity index (χ0) is 29.4. The van der Waals surface area contributed by atoms with Crippen molar-refractivity contribution in [2.75, 3.05) is 26.2 Å². The third-order valence-corrected chi connectivity index (χ3v) is 9.38. The zero-order valence-corrected chi connectivity index (χ0v) is 24.4. The summed E-state index contributed by atoms with van der Waals surface area (Å²) in [5.74, 6) is -2.46. The van der Waals surface area contributed by atoms with Gasteiger partial charge in [-0.25, -0.2) is 4.39 Å². The summed E-state index contributed by atoms with van der Waals surface area (Å²) in [6, 6.07) is 19.1. The maximum absolute atomic E-state index is 14.7. The van der Waals surface area contributed by atoms with Crippen molar-refractivity contribution in [3.05, 3.63) is 106 Å². The van der Waals surface area contributed by atoms with Gasteiger partial charge >= 0.3 is 0 Å². The van der Waals surface area contributed by atoms with E-state index in [1.165, 1.54) is 12.1 Å². The van der Waals surface area contributed by atoms with Gasteiger partial charge in [-0.05, 0) is 61.2 Å². The summed E-state index contributed by atoms with van der Waals surface area (Å²) in [6.45, 7) is 4.27. The molecule has 42 heavy (non-hydrogen) atoms. The van der Waals surface area contributed by atoms with E-state index >= 15 is 0 Å². The van der Waals surface area contributed by atoms with Gasteiger partial charge < -0.3 is 15.1 Å². The van der Waals surface area contributed by atoms with Gasteiger partial charge in [0.2, 0.25) is 11.8 Å². The highest BCUT2D eigenvalue weighted by Crippen LogP contribution is 2.53. The smallest absolute Gasteiger partial charge is 0.246 e. The molecule has 3 aliphatic rings. The molecule has 1 saturated carbocycles. The monoisotopic (exact) mass is 587 g/mol. The normalized spacial score (nSPS) is 24.4. The summed E-state index contributed by atoms with van der Waals surface area (Å²) in [7, 11) is 0. The molecular formula is C34H35ClFN3O3. The number of likely N-dealkylation sites (tertiary alicyclic amines) is 1. The van der Waals surface area contributed by atoms with E-state index < -0.39 is 29.7 Å². The van der Waals surface area contributed by atoms with E-state index in [-0.39, 0.29) is 23.5 Å². The van der Waals surface area contributed by atoms with Crippen LogP contribution in [-0.4, -0.2) is 59.6 Å². The number of nitrogens with one attached hydrogen (secondary N) is 1. The summed E-state index contributed by atoms with van der Waals surface area (Å²) in [5.41, 5.74) is 2.88. The van der Waals surface area contributed by atoms with Crippen LogP contribution in [0, 0.1) is 24.6 Å². The average Bonchev–Trinajstić information content (AvgIpc) is 3.33. The third-order valence-electron chi connectivity index (χ3n) is 9.13. The minimum Gasteiger partial charge on any atom is -0.338 e. The van der Waals surface area contributed by atoms with Crippen molar-refractivity contribution in [3.63, 3.8) is 0 Å². The second-order valence-corrected chi connectivity index (χ2v) is 12.2. The Balaban J connectivity index is 1.58. The van der Waals surface area contributed by atoms with Crippen LogP contribution in [0.15, 0.2) is 72.8 Å². The van der Waals surface area contributed by atoms with Crippen molar-refractivity contribution < 1.29 is 18.8 Å². The molecule has 1 aliphatic carbocycles. The number of halogens is 2. The molecule has 2 heterocycles. The Morgan fingerprint density at radius 1 is 0.881 bits per heavy atom. The summed E-state index contributed by atoms with van der Waals surface area (Å²) in [6.07, 6.45) is 2.48. The van der Waals surface area contributed by atoms with Gasteiger partial charge in [-0.1, -0.05) is 66.0 Å². The average molecular weight is 588 g/mol. The van der Waals surface area contributed by atoms with Crippen LogP contribution in [0.3, 0.4) is 0 Å². The van der Waals surface area contributed by atoms with Crippen LogP contribution < -0.4 is 5.32 Å². The number of carbonyl (C=O) groups is 3. The van der Waals surface area contributed by atoms with E-state index in [4.69, 9.17) is 11.6 Å². The quantitative estimate of drug-likeness (QED) is 0.384. The number of piperazine rings is 1. The van der Waals surface area contributed by atoms with Crippen LogP contribution in [0.4, 0.5) is 4.39 Å². The standard InChI is InChI=1S/C34H35ClFN3O3/c1-21-4-2-7-25(20-21)32(40)29-28(22-10-14-27(36)15-11-22)31(34(42)38-18-16-37-17-19-38)39(33(41)24-5-3-6-24)30(29)23-8-12-26(35)13-9-23/h2,4,7-15,20,24,28-31,37H,3,5-6,16-19H2,1H3. The van der Waals surface area contributed by atoms with Gasteiger partial charge in [-0.3, -0.25) is 14.4 Å². The van der Waals surface area contributed by atoms with Gasteiger partial charge in [0.1, 0.15) is 11.9 Å². The van der Waals surface area contributed by atoms with E-state index in [1.54, 1.807) is 40.1 Å². The highest BCUT2D eigenvalue weighted by molar-refractivity contribution is 6.30. The first-order chi connectivity index (χ1) is 20.3. The molecule has 218 valence electrons. The molecule has 0 radical (unpaired) electrons. The van der Waals surface area contributed by atoms with Gasteiger partial charge in [0.15, 0.2) is 5.78 Å². The number of Topliss-reactive ketones (excluding diaryl/α,β-unsaturated/α-hetero) is 1. The molecular weight excluding hydrogens is 553 g/mol. The van der Waals surface area contributed by atoms with Gasteiger partial charge in [0.25, 0.3) is 0 Å². The lowest BCUT2D eigenvalue weighted by molar-refractivity contribution is -0.150. The topological polar surface area (TPSA) is 69.7 Å². The van der Waals surface area contributed by atoms with E-state index in [1.807, 2.05) is 37.3 Å². The molecule has 1 N–H and O–H groups in total. The summed E-state index contributed by atoms with van der Waals surface area (Å²) in [4.78, 5) is 47.2. The van der Waals surface area contributed by atoms with E-state index in [9.17, 15) is 18.8 Å². The lowest BCUT2D eigenvalue weighted by atomic mass is 9.75. The number of hydrogen-bond donors (Lipinski definition) is 1. The number of carbonyl (C=O) groups excluding carboxylic acids is 3. The van der Waals surface area contributed by atoms with Crippen molar-refractivity contribution >= 4 is 29.2 Å². The van der Waals surface area contributed by atoms with E-state index in [0.717, 1.165) is 30.4 Å². The predicted molar refractivity (Wildman–Crippen MR) is 160 cm³/mol. The Kier molecular flexibility index (Phi) is 8.15. The molecule has 8 heteroatoms. The molecule has 6 nitrogen and oxygen atoms in total. The molecule has 4 unspecified atom stereocenters. The SMILES string of the molecule is Cc1cccc(C(=O)C2C(c3ccc(F)cc3)C(C(=O)N3CCNCC3)N(C(=O)C3CCC3)C2c2ccc(Cl)cc2)c1. The molecule has 4 atom stereocenters. The van der Waals surface area contributed by atoms with Crippen molar-refractivity contribution in [1.29, 1.82) is 0 Å². The lowest BCUT2D eigenvalue weighted by Gasteiger charge is -2.39. The van der Waals surface area contributed by atoms with Crippen molar-refractivity contribution in [2.45, 2.75) is 44.2 Å². The summed E-state index contributed by atoms with van der Waals surface area (Å²) >= 11 is 6.28. The number of amides is 2. The third kappa shape index (κ3) is 5.36. The molecule has 2 amide bonds. The van der Waals surface area contributed by atoms with E-state index in [2.05, 4.69) is 5.32 Å². The summed E-state index contributed by atoms with van der Waals surface area (Å²) in [5, 5.41) is 3.83. The Morgan fingerprint density at radius 2 is 1.55 bits per heavy atom. The molecule has 0 bridgehead atoms. The fraction of sp³-hybridized carbons (Fsp3) is 0.382. The Morgan fingerprint density at radius 3 is 2.17 bits per heavy atom. The largest absolute Gasteiger partial charge is 0.338 e. The van der Waals surface area contributed by atoms with Gasteiger partial charge in [-0.15, -0.1) is 0 Å². The zero-order valence-electron chi connectivity index (χ0n) is 23.6. The van der Waals surface area contributed by atoms with Crippen LogP contribution in [0.1, 0.15) is 58.3 Å². The number of aryl methyl sites for hydroxylation is 1. The molecule has 6 rings (SSSR count). The van der Waals surface area contributed by atoms with Crippen molar-refractivity contribution in [3.8, 4) is 0 Å². The minimum absolute atomic E-state index is 0.0960.